The zero-order valence-electron chi connectivity index (χ0n) is 37.8. The fraction of sp³-hybridized carbons (Fsp3) is 0.902. The van der Waals surface area contributed by atoms with Gasteiger partial charge in [0.05, 0.1) is 31.3 Å². The third-order valence-corrected chi connectivity index (χ3v) is 11.7. The van der Waals surface area contributed by atoms with Crippen LogP contribution in [0.4, 0.5) is 0 Å². The van der Waals surface area contributed by atoms with Crippen molar-refractivity contribution in [2.45, 2.75) is 289 Å². The fourth-order valence-corrected chi connectivity index (χ4v) is 7.89. The lowest BCUT2D eigenvalue weighted by Crippen LogP contribution is -2.45. The van der Waals surface area contributed by atoms with E-state index in [9.17, 15) is 20.1 Å². The van der Waals surface area contributed by atoms with Crippen LogP contribution in [-0.4, -0.2) is 46.1 Å². The van der Waals surface area contributed by atoms with Crippen LogP contribution in [0.2, 0.25) is 0 Å². The van der Waals surface area contributed by atoms with Crippen molar-refractivity contribution in [2.75, 3.05) is 6.61 Å². The maximum Gasteiger partial charge on any atom is 0.222 e. The summed E-state index contributed by atoms with van der Waals surface area (Å²) < 4.78 is 0. The minimum atomic E-state index is -0.949. The van der Waals surface area contributed by atoms with E-state index in [1.165, 1.54) is 212 Å². The second kappa shape index (κ2) is 46.5. The Morgan fingerprint density at radius 1 is 0.446 bits per heavy atom. The van der Waals surface area contributed by atoms with Gasteiger partial charge in [0.15, 0.2) is 0 Å². The summed E-state index contributed by atoms with van der Waals surface area (Å²) in [6, 6.07) is -0.758. The molecule has 0 aromatic rings. The number of aliphatic hydroxyl groups excluding tert-OH is 3. The van der Waals surface area contributed by atoms with Crippen LogP contribution in [0, 0.1) is 0 Å². The molecule has 4 N–H and O–H groups in total. The molecule has 0 aliphatic rings. The molecular formula is C51H99NO4. The van der Waals surface area contributed by atoms with Crippen LogP contribution in [-0.2, 0) is 4.79 Å². The van der Waals surface area contributed by atoms with Crippen LogP contribution in [0.15, 0.2) is 24.3 Å². The molecule has 1 amide bonds. The molecule has 0 aliphatic heterocycles. The van der Waals surface area contributed by atoms with Gasteiger partial charge in [-0.1, -0.05) is 256 Å². The normalized spacial score (nSPS) is 13.6. The minimum Gasteiger partial charge on any atom is -0.394 e. The average molecular weight is 790 g/mol. The summed E-state index contributed by atoms with van der Waals surface area (Å²) in [5.41, 5.74) is 0. The van der Waals surface area contributed by atoms with Crippen molar-refractivity contribution in [1.82, 2.24) is 5.32 Å². The van der Waals surface area contributed by atoms with Gasteiger partial charge in [-0.05, 0) is 32.1 Å². The van der Waals surface area contributed by atoms with E-state index in [0.29, 0.717) is 6.42 Å². The number of nitrogens with one attached hydrogen (secondary N) is 1. The number of aliphatic hydroxyl groups is 3. The highest BCUT2D eigenvalue weighted by Gasteiger charge is 2.20. The summed E-state index contributed by atoms with van der Waals surface area (Å²) in [6.07, 6.45) is 57.8. The SMILES string of the molecule is CCCCCCCCCCCC/C=C/CC/C=C/C(O)C(CO)NC(=O)CC(O)CCCCCCCCCCCCCCCCCCCCCCCCCCC. The predicted molar refractivity (Wildman–Crippen MR) is 245 cm³/mol. The lowest BCUT2D eigenvalue weighted by Gasteiger charge is -2.21. The summed E-state index contributed by atoms with van der Waals surface area (Å²) in [5, 5.41) is 33.3. The van der Waals surface area contributed by atoms with Gasteiger partial charge in [0.1, 0.15) is 0 Å². The Hall–Kier alpha value is -1.17. The van der Waals surface area contributed by atoms with Crippen LogP contribution in [0.3, 0.4) is 0 Å². The smallest absolute Gasteiger partial charge is 0.222 e. The first-order valence-corrected chi connectivity index (χ1v) is 25.1. The summed E-state index contributed by atoms with van der Waals surface area (Å²) in [7, 11) is 0. The topological polar surface area (TPSA) is 89.8 Å². The van der Waals surface area contributed by atoms with Gasteiger partial charge < -0.3 is 20.6 Å². The highest BCUT2D eigenvalue weighted by Crippen LogP contribution is 2.17. The molecule has 0 heterocycles. The van der Waals surface area contributed by atoms with E-state index in [1.807, 2.05) is 6.08 Å². The van der Waals surface area contributed by atoms with E-state index < -0.39 is 18.2 Å². The Labute approximate surface area is 350 Å². The van der Waals surface area contributed by atoms with Crippen LogP contribution < -0.4 is 5.32 Å². The van der Waals surface area contributed by atoms with Crippen LogP contribution in [0.25, 0.3) is 0 Å². The standard InChI is InChI=1S/C51H99NO4/c1-3-5-7-9-11-13-15-17-19-21-22-23-24-25-26-27-28-29-30-32-34-36-38-40-42-44-48(54)46-51(56)52-49(47-53)50(55)45-43-41-39-37-35-33-31-20-18-16-14-12-10-8-6-4-2/h35,37,43,45,48-50,53-55H,3-34,36,38-42,44,46-47H2,1-2H3,(H,52,56)/b37-35+,45-43+. The lowest BCUT2D eigenvalue weighted by atomic mass is 10.0. The number of hydrogen-bond donors (Lipinski definition) is 4. The van der Waals surface area contributed by atoms with Gasteiger partial charge in [-0.25, -0.2) is 0 Å². The summed E-state index contributed by atoms with van der Waals surface area (Å²) in [4.78, 5) is 12.5. The molecule has 0 aromatic carbocycles. The molecule has 0 aromatic heterocycles. The molecule has 0 fully saturated rings. The van der Waals surface area contributed by atoms with E-state index in [1.54, 1.807) is 6.08 Å². The molecule has 56 heavy (non-hydrogen) atoms. The van der Waals surface area contributed by atoms with Crippen molar-refractivity contribution in [3.63, 3.8) is 0 Å². The Bertz CT molecular complexity index is 829. The minimum absolute atomic E-state index is 0.0101. The van der Waals surface area contributed by atoms with E-state index in [-0.39, 0.29) is 18.9 Å². The van der Waals surface area contributed by atoms with Crippen LogP contribution in [0.1, 0.15) is 271 Å². The molecule has 0 saturated carbocycles. The fourth-order valence-electron chi connectivity index (χ4n) is 7.89. The largest absolute Gasteiger partial charge is 0.394 e. The molecular weight excluding hydrogens is 691 g/mol. The zero-order chi connectivity index (χ0) is 40.8. The average Bonchev–Trinajstić information content (AvgIpc) is 3.19. The van der Waals surface area contributed by atoms with Crippen molar-refractivity contribution < 1.29 is 20.1 Å². The summed E-state index contributed by atoms with van der Waals surface area (Å²) >= 11 is 0. The quantitative estimate of drug-likeness (QED) is 0.0365. The van der Waals surface area contributed by atoms with Gasteiger partial charge in [-0.3, -0.25) is 4.79 Å². The number of carbonyl (C=O) groups excluding carboxylic acids is 1. The van der Waals surface area contributed by atoms with Gasteiger partial charge in [-0.15, -0.1) is 0 Å². The Kier molecular flexibility index (Phi) is 45.5. The highest BCUT2D eigenvalue weighted by molar-refractivity contribution is 5.76. The van der Waals surface area contributed by atoms with Crippen molar-refractivity contribution in [3.8, 4) is 0 Å². The van der Waals surface area contributed by atoms with Gasteiger partial charge in [0.2, 0.25) is 5.91 Å². The zero-order valence-corrected chi connectivity index (χ0v) is 37.8. The first-order chi connectivity index (χ1) is 27.5. The van der Waals surface area contributed by atoms with E-state index >= 15 is 0 Å². The number of hydrogen-bond acceptors (Lipinski definition) is 4. The first-order valence-electron chi connectivity index (χ1n) is 25.1. The van der Waals surface area contributed by atoms with Crippen LogP contribution in [0.5, 0.6) is 0 Å². The molecule has 0 radical (unpaired) electrons. The maximum atomic E-state index is 12.5. The van der Waals surface area contributed by atoms with E-state index in [0.717, 1.165) is 32.1 Å². The summed E-state index contributed by atoms with van der Waals surface area (Å²) in [5.74, 6) is -0.321. The molecule has 0 bridgehead atoms. The highest BCUT2D eigenvalue weighted by atomic mass is 16.3. The Morgan fingerprint density at radius 3 is 1.14 bits per heavy atom. The van der Waals surface area contributed by atoms with Gasteiger partial charge in [0, 0.05) is 0 Å². The second-order valence-corrected chi connectivity index (χ2v) is 17.4. The number of carbonyl (C=O) groups is 1. The first kappa shape index (κ1) is 54.8. The van der Waals surface area contributed by atoms with Gasteiger partial charge in [0.25, 0.3) is 0 Å². The predicted octanol–water partition coefficient (Wildman–Crippen LogP) is 14.9. The number of rotatable bonds is 46. The molecule has 0 rings (SSSR count). The number of unbranched alkanes of at least 4 members (excludes halogenated alkanes) is 35. The molecule has 0 saturated heterocycles. The third-order valence-electron chi connectivity index (χ3n) is 11.7. The second-order valence-electron chi connectivity index (χ2n) is 17.4. The van der Waals surface area contributed by atoms with Crippen molar-refractivity contribution in [1.29, 1.82) is 0 Å². The van der Waals surface area contributed by atoms with E-state index in [4.69, 9.17) is 0 Å². The molecule has 3 unspecified atom stereocenters. The lowest BCUT2D eigenvalue weighted by molar-refractivity contribution is -0.124. The van der Waals surface area contributed by atoms with Crippen molar-refractivity contribution >= 4 is 5.91 Å². The van der Waals surface area contributed by atoms with E-state index in [2.05, 4.69) is 31.3 Å². The Balaban J connectivity index is 3.58. The molecule has 5 nitrogen and oxygen atoms in total. The van der Waals surface area contributed by atoms with Crippen molar-refractivity contribution in [3.05, 3.63) is 24.3 Å². The molecule has 332 valence electrons. The molecule has 0 aliphatic carbocycles. The number of amides is 1. The van der Waals surface area contributed by atoms with Gasteiger partial charge >= 0.3 is 0 Å². The Morgan fingerprint density at radius 2 is 0.768 bits per heavy atom. The number of allylic oxidation sites excluding steroid dienone is 3. The maximum absolute atomic E-state index is 12.5. The van der Waals surface area contributed by atoms with Crippen LogP contribution >= 0.6 is 0 Å². The summed E-state index contributed by atoms with van der Waals surface area (Å²) in [6.45, 7) is 4.22. The van der Waals surface area contributed by atoms with Gasteiger partial charge in [-0.2, -0.15) is 0 Å². The molecule has 3 atom stereocenters. The molecule has 5 heteroatoms. The molecule has 0 spiro atoms. The van der Waals surface area contributed by atoms with Crippen molar-refractivity contribution in [2.24, 2.45) is 0 Å². The monoisotopic (exact) mass is 790 g/mol. The third kappa shape index (κ3) is 42.4.